The van der Waals surface area contributed by atoms with Gasteiger partial charge in [0.1, 0.15) is 22.5 Å². The summed E-state index contributed by atoms with van der Waals surface area (Å²) in [6.45, 7) is 4.54. The van der Waals surface area contributed by atoms with E-state index < -0.39 is 0 Å². The SMILES string of the molecule is CC1(C)c2cc(-c3nc(-c4ccc(-c5ccccc5)cc4)nc(-c4ccc5oc6ccccc6c5c4)n3)ccc2-c2oc3ccccc3c21. The number of para-hydroxylation sites is 2. The van der Waals surface area contributed by atoms with E-state index in [-0.39, 0.29) is 5.41 Å². The molecular formula is C44H29N3O2. The van der Waals surface area contributed by atoms with Crippen molar-refractivity contribution in [3.63, 3.8) is 0 Å². The van der Waals surface area contributed by atoms with Crippen LogP contribution in [-0.2, 0) is 5.41 Å². The highest BCUT2D eigenvalue weighted by Crippen LogP contribution is 2.53. The van der Waals surface area contributed by atoms with Gasteiger partial charge >= 0.3 is 0 Å². The van der Waals surface area contributed by atoms with Gasteiger partial charge in [-0.2, -0.15) is 0 Å². The van der Waals surface area contributed by atoms with Crippen molar-refractivity contribution in [3.8, 4) is 56.6 Å². The third kappa shape index (κ3) is 4.29. The van der Waals surface area contributed by atoms with Gasteiger partial charge < -0.3 is 8.83 Å². The molecule has 5 nitrogen and oxygen atoms in total. The molecule has 0 amide bonds. The van der Waals surface area contributed by atoms with Crippen LogP contribution < -0.4 is 0 Å². The van der Waals surface area contributed by atoms with Crippen molar-refractivity contribution in [1.82, 2.24) is 15.0 Å². The molecule has 0 fully saturated rings. The van der Waals surface area contributed by atoms with Gasteiger partial charge in [0.05, 0.1) is 0 Å². The van der Waals surface area contributed by atoms with Crippen LogP contribution in [0, 0.1) is 0 Å². The number of fused-ring (bicyclic) bond motifs is 8. The van der Waals surface area contributed by atoms with E-state index in [4.69, 9.17) is 23.8 Å². The highest BCUT2D eigenvalue weighted by molar-refractivity contribution is 6.06. The van der Waals surface area contributed by atoms with Gasteiger partial charge in [-0.25, -0.2) is 15.0 Å². The van der Waals surface area contributed by atoms with Gasteiger partial charge in [0.2, 0.25) is 0 Å². The molecule has 0 bridgehead atoms. The third-order valence-electron chi connectivity index (χ3n) is 9.94. The topological polar surface area (TPSA) is 65.0 Å². The van der Waals surface area contributed by atoms with Crippen LogP contribution in [0.3, 0.4) is 0 Å². The summed E-state index contributed by atoms with van der Waals surface area (Å²) in [5.41, 5.74) is 11.0. The Morgan fingerprint density at radius 3 is 1.71 bits per heavy atom. The smallest absolute Gasteiger partial charge is 0.164 e. The molecule has 3 aromatic heterocycles. The van der Waals surface area contributed by atoms with Crippen molar-refractivity contribution >= 4 is 32.9 Å². The normalized spacial score (nSPS) is 13.3. The molecule has 0 saturated heterocycles. The Morgan fingerprint density at radius 2 is 0.959 bits per heavy atom. The molecule has 10 rings (SSSR count). The van der Waals surface area contributed by atoms with Crippen molar-refractivity contribution in [3.05, 3.63) is 151 Å². The summed E-state index contributed by atoms with van der Waals surface area (Å²) in [6.07, 6.45) is 0. The lowest BCUT2D eigenvalue weighted by Gasteiger charge is -2.21. The van der Waals surface area contributed by atoms with E-state index in [2.05, 4.69) is 105 Å². The van der Waals surface area contributed by atoms with Gasteiger partial charge in [0, 0.05) is 49.4 Å². The molecule has 5 heteroatoms. The van der Waals surface area contributed by atoms with Crippen molar-refractivity contribution in [1.29, 1.82) is 0 Å². The first-order valence-electron chi connectivity index (χ1n) is 16.5. The van der Waals surface area contributed by atoms with Crippen LogP contribution >= 0.6 is 0 Å². The molecule has 0 aliphatic heterocycles. The van der Waals surface area contributed by atoms with Crippen LogP contribution in [0.2, 0.25) is 0 Å². The predicted octanol–water partition coefficient (Wildman–Crippen LogP) is 11.5. The maximum atomic E-state index is 6.42. The van der Waals surface area contributed by atoms with Crippen LogP contribution in [0.1, 0.15) is 25.0 Å². The Balaban J connectivity index is 1.14. The van der Waals surface area contributed by atoms with E-state index in [0.29, 0.717) is 17.5 Å². The molecule has 0 spiro atoms. The number of hydrogen-bond acceptors (Lipinski definition) is 5. The quantitative estimate of drug-likeness (QED) is 0.193. The second-order valence-electron chi connectivity index (χ2n) is 13.2. The van der Waals surface area contributed by atoms with Crippen LogP contribution in [0.25, 0.3) is 89.5 Å². The average molecular weight is 632 g/mol. The molecule has 0 saturated carbocycles. The first-order valence-corrected chi connectivity index (χ1v) is 16.5. The molecule has 232 valence electrons. The van der Waals surface area contributed by atoms with E-state index in [0.717, 1.165) is 66.5 Å². The van der Waals surface area contributed by atoms with Crippen molar-refractivity contribution in [2.75, 3.05) is 0 Å². The van der Waals surface area contributed by atoms with Gasteiger partial charge in [-0.15, -0.1) is 0 Å². The third-order valence-corrected chi connectivity index (χ3v) is 9.94. The first-order chi connectivity index (χ1) is 24.0. The second kappa shape index (κ2) is 10.3. The van der Waals surface area contributed by atoms with Crippen molar-refractivity contribution in [2.45, 2.75) is 19.3 Å². The number of furan rings is 2. The van der Waals surface area contributed by atoms with Gasteiger partial charge in [0.15, 0.2) is 17.5 Å². The van der Waals surface area contributed by atoms with Gasteiger partial charge in [-0.05, 0) is 53.1 Å². The Labute approximate surface area is 282 Å². The first kappa shape index (κ1) is 27.8. The molecule has 3 heterocycles. The maximum absolute atomic E-state index is 6.42. The van der Waals surface area contributed by atoms with E-state index in [9.17, 15) is 0 Å². The number of hydrogen-bond donors (Lipinski definition) is 0. The largest absolute Gasteiger partial charge is 0.456 e. The minimum absolute atomic E-state index is 0.257. The summed E-state index contributed by atoms with van der Waals surface area (Å²) < 4.78 is 12.5. The second-order valence-corrected chi connectivity index (χ2v) is 13.2. The summed E-state index contributed by atoms with van der Waals surface area (Å²) >= 11 is 0. The molecule has 9 aromatic rings. The number of aromatic nitrogens is 3. The molecule has 1 aliphatic rings. The maximum Gasteiger partial charge on any atom is 0.164 e. The summed E-state index contributed by atoms with van der Waals surface area (Å²) in [4.78, 5) is 15.3. The zero-order chi connectivity index (χ0) is 32.7. The van der Waals surface area contributed by atoms with Gasteiger partial charge in [0.25, 0.3) is 0 Å². The zero-order valence-electron chi connectivity index (χ0n) is 26.9. The molecular weight excluding hydrogens is 603 g/mol. The molecule has 49 heavy (non-hydrogen) atoms. The fourth-order valence-corrected chi connectivity index (χ4v) is 7.46. The Kier molecular flexibility index (Phi) is 5.85. The van der Waals surface area contributed by atoms with Crippen LogP contribution in [0.15, 0.2) is 148 Å². The molecule has 0 radical (unpaired) electrons. The van der Waals surface area contributed by atoms with Gasteiger partial charge in [-0.1, -0.05) is 117 Å². The lowest BCUT2D eigenvalue weighted by atomic mass is 9.81. The number of rotatable bonds is 4. The standard InChI is InChI=1S/C44H29N3O2/c1-44(2)35-25-30(20-22-32(35)40-39(44)33-13-7-9-15-37(33)49-40)43-46-41(28-18-16-27(17-19-28)26-10-4-3-5-11-26)45-42(47-43)29-21-23-38-34(24-29)31-12-6-8-14-36(31)48-38/h3-25H,1-2H3. The molecule has 0 N–H and O–H groups in total. The van der Waals surface area contributed by atoms with E-state index in [1.807, 2.05) is 48.5 Å². The average Bonchev–Trinajstić information content (AvgIpc) is 3.80. The fraction of sp³-hybridized carbons (Fsp3) is 0.0682. The molecule has 1 aliphatic carbocycles. The van der Waals surface area contributed by atoms with Crippen molar-refractivity contribution < 1.29 is 8.83 Å². The fourth-order valence-electron chi connectivity index (χ4n) is 7.46. The Morgan fingerprint density at radius 1 is 0.429 bits per heavy atom. The minimum Gasteiger partial charge on any atom is -0.456 e. The zero-order valence-corrected chi connectivity index (χ0v) is 26.9. The van der Waals surface area contributed by atoms with Crippen LogP contribution in [0.4, 0.5) is 0 Å². The number of nitrogens with zero attached hydrogens (tertiary/aromatic N) is 3. The van der Waals surface area contributed by atoms with E-state index >= 15 is 0 Å². The summed E-state index contributed by atoms with van der Waals surface area (Å²) in [6, 6.07) is 47.9. The number of benzene rings is 6. The highest BCUT2D eigenvalue weighted by Gasteiger charge is 2.40. The summed E-state index contributed by atoms with van der Waals surface area (Å²) in [5.74, 6) is 2.80. The summed E-state index contributed by atoms with van der Waals surface area (Å²) in [7, 11) is 0. The van der Waals surface area contributed by atoms with E-state index in [1.54, 1.807) is 0 Å². The summed E-state index contributed by atoms with van der Waals surface area (Å²) in [5, 5.41) is 3.26. The van der Waals surface area contributed by atoms with E-state index in [1.165, 1.54) is 16.7 Å². The monoisotopic (exact) mass is 631 g/mol. The highest BCUT2D eigenvalue weighted by atomic mass is 16.3. The minimum atomic E-state index is -0.257. The van der Waals surface area contributed by atoms with Crippen molar-refractivity contribution in [2.24, 2.45) is 0 Å². The van der Waals surface area contributed by atoms with Crippen LogP contribution in [-0.4, -0.2) is 15.0 Å². The predicted molar refractivity (Wildman–Crippen MR) is 196 cm³/mol. The molecule has 0 atom stereocenters. The molecule has 0 unspecified atom stereocenters. The van der Waals surface area contributed by atoms with Gasteiger partial charge in [-0.3, -0.25) is 0 Å². The lowest BCUT2D eigenvalue weighted by Crippen LogP contribution is -2.15. The lowest BCUT2D eigenvalue weighted by molar-refractivity contribution is 0.619. The van der Waals surface area contributed by atoms with Crippen LogP contribution in [0.5, 0.6) is 0 Å². The molecule has 6 aromatic carbocycles. The Hall–Kier alpha value is -6.33. The Bertz CT molecular complexity index is 2740.